The molecule has 0 aliphatic heterocycles. The van der Waals surface area contributed by atoms with Gasteiger partial charge in [-0.2, -0.15) is 0 Å². The molecule has 0 amide bonds. The minimum absolute atomic E-state index is 0. The van der Waals surface area contributed by atoms with Crippen LogP contribution in [0.4, 0.5) is 4.39 Å². The number of rotatable bonds is 6. The third kappa shape index (κ3) is 5.35. The average molecular weight is 292 g/mol. The predicted molar refractivity (Wildman–Crippen MR) is 77.2 cm³/mol. The van der Waals surface area contributed by atoms with Crippen LogP contribution in [0.1, 0.15) is 38.3 Å². The Bertz CT molecular complexity index is 388. The van der Waals surface area contributed by atoms with Crippen LogP contribution >= 0.6 is 12.4 Å². The highest BCUT2D eigenvalue weighted by molar-refractivity contribution is 5.85. The number of hydrogen-bond acceptors (Lipinski definition) is 3. The molecule has 1 aromatic rings. The molecular weight excluding hydrogens is 269 g/mol. The van der Waals surface area contributed by atoms with Gasteiger partial charge in [0.15, 0.2) is 11.6 Å². The zero-order chi connectivity index (χ0) is 13.7. The molecule has 5 heteroatoms. The Morgan fingerprint density at radius 3 is 2.47 bits per heavy atom. The van der Waals surface area contributed by atoms with E-state index in [4.69, 9.17) is 10.5 Å². The van der Waals surface area contributed by atoms with Gasteiger partial charge in [-0.15, -0.1) is 12.4 Å². The second kappa shape index (κ2) is 8.35. The lowest BCUT2D eigenvalue weighted by molar-refractivity contribution is 0.128. The van der Waals surface area contributed by atoms with E-state index in [1.807, 2.05) is 0 Å². The van der Waals surface area contributed by atoms with Crippen molar-refractivity contribution in [2.24, 2.45) is 11.7 Å². The quantitative estimate of drug-likeness (QED) is 0.847. The molecular formula is C14H23ClFNO2. The van der Waals surface area contributed by atoms with Crippen molar-refractivity contribution in [3.05, 3.63) is 29.6 Å². The van der Waals surface area contributed by atoms with Crippen LogP contribution in [0.15, 0.2) is 18.2 Å². The van der Waals surface area contributed by atoms with Gasteiger partial charge in [-0.1, -0.05) is 19.9 Å². The van der Waals surface area contributed by atoms with Crippen molar-refractivity contribution in [2.75, 3.05) is 7.11 Å². The lowest BCUT2D eigenvalue weighted by Crippen LogP contribution is -2.26. The number of benzene rings is 1. The van der Waals surface area contributed by atoms with Gasteiger partial charge in [0.25, 0.3) is 0 Å². The molecule has 0 heterocycles. The first kappa shape index (κ1) is 18.2. The molecule has 3 N–H and O–H groups in total. The van der Waals surface area contributed by atoms with Crippen LogP contribution in [-0.2, 0) is 0 Å². The van der Waals surface area contributed by atoms with Gasteiger partial charge >= 0.3 is 0 Å². The summed E-state index contributed by atoms with van der Waals surface area (Å²) in [5.41, 5.74) is 6.66. The van der Waals surface area contributed by atoms with Crippen LogP contribution < -0.4 is 10.5 Å². The highest BCUT2D eigenvalue weighted by Gasteiger charge is 2.18. The Labute approximate surface area is 120 Å². The van der Waals surface area contributed by atoms with Crippen LogP contribution in [0.5, 0.6) is 5.75 Å². The van der Waals surface area contributed by atoms with E-state index in [9.17, 15) is 9.50 Å². The first-order valence-electron chi connectivity index (χ1n) is 6.22. The maximum Gasteiger partial charge on any atom is 0.165 e. The lowest BCUT2D eigenvalue weighted by Gasteiger charge is -2.20. The van der Waals surface area contributed by atoms with Gasteiger partial charge in [0.1, 0.15) is 0 Å². The monoisotopic (exact) mass is 291 g/mol. The molecule has 0 saturated heterocycles. The van der Waals surface area contributed by atoms with Crippen LogP contribution in [0.3, 0.4) is 0 Å². The van der Waals surface area contributed by atoms with E-state index in [0.717, 1.165) is 6.42 Å². The molecule has 2 atom stereocenters. The first-order valence-corrected chi connectivity index (χ1v) is 6.22. The standard InChI is InChI=1S/C14H22FNO2.ClH/c1-9(2)4-7-12(17)14(16)10-5-6-11(15)13(8-10)18-3;/h5-6,8-9,12,14,17H,4,7,16H2,1-3H3;1H/t12-,14+;/m0./s1. The van der Waals surface area contributed by atoms with Crippen molar-refractivity contribution >= 4 is 12.4 Å². The summed E-state index contributed by atoms with van der Waals surface area (Å²) in [6, 6.07) is 3.92. The van der Waals surface area contributed by atoms with Crippen LogP contribution in [0.2, 0.25) is 0 Å². The number of hydrogen-bond donors (Lipinski definition) is 2. The number of halogens is 2. The summed E-state index contributed by atoms with van der Waals surface area (Å²) in [4.78, 5) is 0. The molecule has 3 nitrogen and oxygen atoms in total. The van der Waals surface area contributed by atoms with Crippen LogP contribution in [-0.4, -0.2) is 18.3 Å². The Balaban J connectivity index is 0.00000324. The molecule has 0 fully saturated rings. The summed E-state index contributed by atoms with van der Waals surface area (Å²) in [6.45, 7) is 4.19. The minimum atomic E-state index is -0.623. The molecule has 0 radical (unpaired) electrons. The van der Waals surface area contributed by atoms with E-state index in [-0.39, 0.29) is 18.2 Å². The normalized spacial score (nSPS) is 13.8. The predicted octanol–water partition coefficient (Wildman–Crippen LogP) is 3.05. The lowest BCUT2D eigenvalue weighted by atomic mass is 9.96. The highest BCUT2D eigenvalue weighted by Crippen LogP contribution is 2.25. The van der Waals surface area contributed by atoms with Crippen molar-refractivity contribution in [3.63, 3.8) is 0 Å². The van der Waals surface area contributed by atoms with Gasteiger partial charge in [0, 0.05) is 0 Å². The smallest absolute Gasteiger partial charge is 0.165 e. The Morgan fingerprint density at radius 1 is 1.32 bits per heavy atom. The largest absolute Gasteiger partial charge is 0.494 e. The maximum absolute atomic E-state index is 13.3. The fourth-order valence-electron chi connectivity index (χ4n) is 1.79. The second-order valence-corrected chi connectivity index (χ2v) is 4.96. The maximum atomic E-state index is 13.3. The van der Waals surface area contributed by atoms with Gasteiger partial charge in [-0.25, -0.2) is 4.39 Å². The summed E-state index contributed by atoms with van der Waals surface area (Å²) in [5.74, 6) is 0.249. The summed E-state index contributed by atoms with van der Waals surface area (Å²) >= 11 is 0. The molecule has 1 rings (SSSR count). The van der Waals surface area contributed by atoms with Crippen molar-refractivity contribution in [2.45, 2.75) is 38.8 Å². The van der Waals surface area contributed by atoms with Crippen molar-refractivity contribution in [1.29, 1.82) is 0 Å². The molecule has 0 bridgehead atoms. The van der Waals surface area contributed by atoms with E-state index in [1.165, 1.54) is 13.2 Å². The Morgan fingerprint density at radius 2 is 1.95 bits per heavy atom. The molecule has 0 aromatic heterocycles. The molecule has 0 unspecified atom stereocenters. The summed E-state index contributed by atoms with van der Waals surface area (Å²) < 4.78 is 18.2. The van der Waals surface area contributed by atoms with Gasteiger partial charge < -0.3 is 15.6 Å². The second-order valence-electron chi connectivity index (χ2n) is 4.96. The number of ether oxygens (including phenoxy) is 1. The molecule has 110 valence electrons. The molecule has 0 aliphatic rings. The summed E-state index contributed by atoms with van der Waals surface area (Å²) in [6.07, 6.45) is 0.925. The Kier molecular flexibility index (Phi) is 7.99. The van der Waals surface area contributed by atoms with E-state index >= 15 is 0 Å². The number of nitrogens with two attached hydrogens (primary N) is 1. The minimum Gasteiger partial charge on any atom is -0.494 e. The number of aliphatic hydroxyl groups excluding tert-OH is 1. The van der Waals surface area contributed by atoms with E-state index in [0.29, 0.717) is 17.9 Å². The zero-order valence-electron chi connectivity index (χ0n) is 11.6. The fraction of sp³-hybridized carbons (Fsp3) is 0.571. The summed E-state index contributed by atoms with van der Waals surface area (Å²) in [7, 11) is 1.41. The van der Waals surface area contributed by atoms with Crippen molar-refractivity contribution in [1.82, 2.24) is 0 Å². The molecule has 19 heavy (non-hydrogen) atoms. The van der Waals surface area contributed by atoms with Gasteiger partial charge in [-0.05, 0) is 36.5 Å². The highest BCUT2D eigenvalue weighted by atomic mass is 35.5. The van der Waals surface area contributed by atoms with Gasteiger partial charge in [-0.3, -0.25) is 0 Å². The van der Waals surface area contributed by atoms with E-state index < -0.39 is 18.0 Å². The van der Waals surface area contributed by atoms with Crippen LogP contribution in [0.25, 0.3) is 0 Å². The van der Waals surface area contributed by atoms with E-state index in [1.54, 1.807) is 12.1 Å². The van der Waals surface area contributed by atoms with Gasteiger partial charge in [0.05, 0.1) is 19.3 Å². The molecule has 1 aromatic carbocycles. The molecule has 0 aliphatic carbocycles. The SMILES string of the molecule is COc1cc([C@@H](N)[C@@H](O)CCC(C)C)ccc1F.Cl. The first-order chi connectivity index (χ1) is 8.45. The molecule has 0 saturated carbocycles. The zero-order valence-corrected chi connectivity index (χ0v) is 12.4. The third-order valence-electron chi connectivity index (χ3n) is 3.01. The Hall–Kier alpha value is -0.840. The molecule has 0 spiro atoms. The average Bonchev–Trinajstić information content (AvgIpc) is 2.35. The van der Waals surface area contributed by atoms with Crippen LogP contribution in [0, 0.1) is 11.7 Å². The van der Waals surface area contributed by atoms with Crippen molar-refractivity contribution in [3.8, 4) is 5.75 Å². The number of aliphatic hydroxyl groups is 1. The third-order valence-corrected chi connectivity index (χ3v) is 3.01. The van der Waals surface area contributed by atoms with E-state index in [2.05, 4.69) is 13.8 Å². The number of methoxy groups -OCH3 is 1. The fourth-order valence-corrected chi connectivity index (χ4v) is 1.79. The topological polar surface area (TPSA) is 55.5 Å². The summed E-state index contributed by atoms with van der Waals surface area (Å²) in [5, 5.41) is 9.99. The van der Waals surface area contributed by atoms with Gasteiger partial charge in [0.2, 0.25) is 0 Å². The van der Waals surface area contributed by atoms with Crippen molar-refractivity contribution < 1.29 is 14.2 Å².